The van der Waals surface area contributed by atoms with Crippen LogP contribution >= 0.6 is 0 Å². The van der Waals surface area contributed by atoms with Crippen LogP contribution in [-0.4, -0.2) is 42.8 Å². The maximum atomic E-state index is 12.9. The number of benzene rings is 2. The molecule has 2 aromatic carbocycles. The van der Waals surface area contributed by atoms with Crippen molar-refractivity contribution < 1.29 is 23.8 Å². The third kappa shape index (κ3) is 6.38. The van der Waals surface area contributed by atoms with Crippen LogP contribution in [0.1, 0.15) is 28.5 Å². The van der Waals surface area contributed by atoms with Gasteiger partial charge in [0.05, 0.1) is 32.1 Å². The van der Waals surface area contributed by atoms with Crippen LogP contribution in [0.3, 0.4) is 0 Å². The van der Waals surface area contributed by atoms with Crippen molar-refractivity contribution in [2.75, 3.05) is 31.5 Å². The average molecular weight is 465 g/mol. The quantitative estimate of drug-likeness (QED) is 0.370. The van der Waals surface area contributed by atoms with Crippen molar-refractivity contribution in [2.45, 2.75) is 19.8 Å². The molecule has 3 rings (SSSR count). The lowest BCUT2D eigenvalue weighted by Gasteiger charge is -2.12. The minimum atomic E-state index is -0.432. The predicted octanol–water partition coefficient (Wildman–Crippen LogP) is 3.99. The molecule has 34 heavy (non-hydrogen) atoms. The minimum Gasteiger partial charge on any atom is -0.497 e. The largest absolute Gasteiger partial charge is 0.497 e. The molecule has 0 spiro atoms. The zero-order valence-corrected chi connectivity index (χ0v) is 19.4. The number of anilines is 2. The summed E-state index contributed by atoms with van der Waals surface area (Å²) >= 11 is 0. The fourth-order valence-electron chi connectivity index (χ4n) is 3.29. The maximum Gasteiger partial charge on any atom is 0.258 e. The molecule has 0 aliphatic carbocycles. The molecule has 0 aliphatic heterocycles. The highest BCUT2D eigenvalue weighted by Crippen LogP contribution is 2.25. The highest BCUT2D eigenvalue weighted by molar-refractivity contribution is 6.11. The van der Waals surface area contributed by atoms with Crippen LogP contribution < -0.4 is 24.8 Å². The Balaban J connectivity index is 1.69. The summed E-state index contributed by atoms with van der Waals surface area (Å²) in [4.78, 5) is 24.7. The zero-order valence-electron chi connectivity index (χ0n) is 19.4. The predicted molar refractivity (Wildman–Crippen MR) is 130 cm³/mol. The molecule has 3 aromatic rings. The van der Waals surface area contributed by atoms with Crippen molar-refractivity contribution in [3.8, 4) is 17.2 Å². The lowest BCUT2D eigenvalue weighted by Crippen LogP contribution is -2.17. The number of carbonyl (C=O) groups is 2. The van der Waals surface area contributed by atoms with E-state index in [9.17, 15) is 9.59 Å². The number of rotatable bonds is 11. The fraction of sp³-hybridized carbons (Fsp3) is 0.240. The van der Waals surface area contributed by atoms with Gasteiger partial charge in [-0.2, -0.15) is 5.10 Å². The highest BCUT2D eigenvalue weighted by Gasteiger charge is 2.16. The van der Waals surface area contributed by atoms with Crippen molar-refractivity contribution in [1.29, 1.82) is 0 Å². The summed E-state index contributed by atoms with van der Waals surface area (Å²) in [6, 6.07) is 12.3. The van der Waals surface area contributed by atoms with Gasteiger partial charge in [-0.25, -0.2) is 0 Å². The van der Waals surface area contributed by atoms with Gasteiger partial charge in [0.25, 0.3) is 5.91 Å². The van der Waals surface area contributed by atoms with E-state index in [2.05, 4.69) is 27.4 Å². The van der Waals surface area contributed by atoms with E-state index in [0.29, 0.717) is 30.3 Å². The van der Waals surface area contributed by atoms with E-state index >= 15 is 0 Å². The zero-order chi connectivity index (χ0) is 24.5. The Kier molecular flexibility index (Phi) is 8.28. The smallest absolute Gasteiger partial charge is 0.258 e. The first kappa shape index (κ1) is 24.4. The summed E-state index contributed by atoms with van der Waals surface area (Å²) in [5, 5.41) is 12.5. The van der Waals surface area contributed by atoms with E-state index in [1.165, 1.54) is 0 Å². The molecule has 9 heteroatoms. The van der Waals surface area contributed by atoms with E-state index in [4.69, 9.17) is 14.2 Å². The summed E-state index contributed by atoms with van der Waals surface area (Å²) in [5.74, 6) is 1.51. The normalized spacial score (nSPS) is 10.3. The Labute approximate surface area is 198 Å². The van der Waals surface area contributed by atoms with Gasteiger partial charge in [0.1, 0.15) is 17.2 Å². The van der Waals surface area contributed by atoms with Crippen LogP contribution in [-0.2, 0) is 17.6 Å². The molecular formula is C25H28N4O5. The second kappa shape index (κ2) is 11.6. The topological polar surface area (TPSA) is 115 Å². The Morgan fingerprint density at radius 1 is 1.00 bits per heavy atom. The molecule has 0 unspecified atom stereocenters. The number of aromatic nitrogens is 2. The molecule has 0 atom stereocenters. The summed E-state index contributed by atoms with van der Waals surface area (Å²) in [6.07, 6.45) is 2.52. The number of hydrogen-bond donors (Lipinski definition) is 3. The highest BCUT2D eigenvalue weighted by atomic mass is 16.5. The minimum absolute atomic E-state index is 0.270. The maximum absolute atomic E-state index is 12.9. The van der Waals surface area contributed by atoms with Crippen LogP contribution in [0.2, 0.25) is 0 Å². The third-order valence-electron chi connectivity index (χ3n) is 4.96. The van der Waals surface area contributed by atoms with Crippen molar-refractivity contribution in [2.24, 2.45) is 0 Å². The van der Waals surface area contributed by atoms with E-state index < -0.39 is 11.8 Å². The van der Waals surface area contributed by atoms with Crippen LogP contribution in [0.25, 0.3) is 0 Å². The molecule has 2 amide bonds. The average Bonchev–Trinajstić information content (AvgIpc) is 3.29. The van der Waals surface area contributed by atoms with E-state index in [-0.39, 0.29) is 5.56 Å². The SMILES string of the molecule is C=CC(=O)Nc1cc(OCC)ccc1C(=O)Nc1cc(CCc2cc(OC)cc(OC)c2)[nH]n1. The Bertz CT molecular complexity index is 1150. The van der Waals surface area contributed by atoms with Crippen LogP contribution in [0.15, 0.2) is 55.1 Å². The molecule has 0 saturated carbocycles. The number of aromatic amines is 1. The Morgan fingerprint density at radius 2 is 1.74 bits per heavy atom. The molecule has 0 fully saturated rings. The molecule has 0 bridgehead atoms. The van der Waals surface area contributed by atoms with Gasteiger partial charge in [-0.15, -0.1) is 0 Å². The van der Waals surface area contributed by atoms with Gasteiger partial charge in [-0.05, 0) is 55.7 Å². The van der Waals surface area contributed by atoms with Gasteiger partial charge >= 0.3 is 0 Å². The van der Waals surface area contributed by atoms with Crippen molar-refractivity contribution in [3.63, 3.8) is 0 Å². The lowest BCUT2D eigenvalue weighted by molar-refractivity contribution is -0.111. The van der Waals surface area contributed by atoms with Crippen molar-refractivity contribution in [3.05, 3.63) is 71.9 Å². The number of ether oxygens (including phenoxy) is 3. The molecule has 0 aliphatic rings. The van der Waals surface area contributed by atoms with Gasteiger partial charge in [-0.1, -0.05) is 6.58 Å². The molecule has 9 nitrogen and oxygen atoms in total. The van der Waals surface area contributed by atoms with E-state index in [1.807, 2.05) is 25.1 Å². The number of amides is 2. The monoisotopic (exact) mass is 464 g/mol. The number of H-pyrrole nitrogens is 1. The van der Waals surface area contributed by atoms with Crippen molar-refractivity contribution >= 4 is 23.3 Å². The molecule has 1 heterocycles. The molecule has 0 radical (unpaired) electrons. The van der Waals surface area contributed by atoms with Gasteiger partial charge < -0.3 is 24.8 Å². The molecule has 1 aromatic heterocycles. The Hall–Kier alpha value is -4.27. The van der Waals surface area contributed by atoms with Gasteiger partial charge in [0, 0.05) is 23.9 Å². The molecular weight excluding hydrogens is 436 g/mol. The summed E-state index contributed by atoms with van der Waals surface area (Å²) in [5.41, 5.74) is 2.49. The molecule has 3 N–H and O–H groups in total. The van der Waals surface area contributed by atoms with E-state index in [0.717, 1.165) is 35.3 Å². The first-order chi connectivity index (χ1) is 16.4. The summed E-state index contributed by atoms with van der Waals surface area (Å²) in [6.45, 7) is 5.75. The molecule has 0 saturated heterocycles. The molecule has 178 valence electrons. The third-order valence-corrected chi connectivity index (χ3v) is 4.96. The fourth-order valence-corrected chi connectivity index (χ4v) is 3.29. The van der Waals surface area contributed by atoms with Crippen LogP contribution in [0.4, 0.5) is 11.5 Å². The first-order valence-electron chi connectivity index (χ1n) is 10.7. The number of nitrogens with zero attached hydrogens (tertiary/aromatic N) is 1. The number of carbonyl (C=O) groups excluding carboxylic acids is 2. The number of nitrogens with one attached hydrogen (secondary N) is 3. The van der Waals surface area contributed by atoms with Gasteiger partial charge in [0.2, 0.25) is 5.91 Å². The number of methoxy groups -OCH3 is 2. The van der Waals surface area contributed by atoms with Gasteiger partial charge in [0.15, 0.2) is 5.82 Å². The van der Waals surface area contributed by atoms with E-state index in [1.54, 1.807) is 38.5 Å². The second-order valence-corrected chi connectivity index (χ2v) is 7.29. The van der Waals surface area contributed by atoms with Crippen molar-refractivity contribution in [1.82, 2.24) is 10.2 Å². The summed E-state index contributed by atoms with van der Waals surface area (Å²) < 4.78 is 16.1. The Morgan fingerprint density at radius 3 is 2.38 bits per heavy atom. The number of aryl methyl sites for hydroxylation is 2. The lowest BCUT2D eigenvalue weighted by atomic mass is 10.1. The first-order valence-corrected chi connectivity index (χ1v) is 10.7. The summed E-state index contributed by atoms with van der Waals surface area (Å²) in [7, 11) is 3.22. The van der Waals surface area contributed by atoms with Gasteiger partial charge in [-0.3, -0.25) is 14.7 Å². The second-order valence-electron chi connectivity index (χ2n) is 7.29. The van der Waals surface area contributed by atoms with Crippen LogP contribution in [0.5, 0.6) is 17.2 Å². The van der Waals surface area contributed by atoms with Crippen LogP contribution in [0, 0.1) is 0 Å². The number of hydrogen-bond acceptors (Lipinski definition) is 6. The standard InChI is InChI=1S/C25H28N4O5/c1-5-24(30)26-22-15-18(34-6-2)9-10-21(22)25(31)27-23-13-17(28-29-23)8-7-16-11-19(32-3)14-20(12-16)33-4/h5,9-15H,1,6-8H2,2-4H3,(H,26,30)(H2,27,28,29,31).